The number of nitro groups is 1. The van der Waals surface area contributed by atoms with Crippen LogP contribution in [-0.2, 0) is 32.3 Å². The summed E-state index contributed by atoms with van der Waals surface area (Å²) in [6.45, 7) is 0. The van der Waals surface area contributed by atoms with E-state index in [0.29, 0.717) is 0 Å². The summed E-state index contributed by atoms with van der Waals surface area (Å²) in [4.78, 5) is 30.6. The molecule has 25 heavy (non-hydrogen) atoms. The third kappa shape index (κ3) is 7.29. The SMILES string of the molecule is O=C([O-])Cc1cccc([N+](=O)[O-])c1C(=O)[O-].[NH-]C1CCCCC1[NH-].[Pt]. The van der Waals surface area contributed by atoms with Crippen molar-refractivity contribution in [2.45, 2.75) is 44.2 Å². The Morgan fingerprint density at radius 2 is 1.64 bits per heavy atom. The van der Waals surface area contributed by atoms with Crippen molar-refractivity contribution >= 4 is 17.6 Å². The Kier molecular flexibility index (Phi) is 10.1. The van der Waals surface area contributed by atoms with Crippen LogP contribution < -0.4 is 10.2 Å². The molecule has 2 unspecified atom stereocenters. The van der Waals surface area contributed by atoms with E-state index in [-0.39, 0.29) is 38.7 Å². The number of benzene rings is 1. The van der Waals surface area contributed by atoms with Crippen molar-refractivity contribution in [1.29, 1.82) is 0 Å². The van der Waals surface area contributed by atoms with E-state index in [1.807, 2.05) is 0 Å². The van der Waals surface area contributed by atoms with Gasteiger partial charge in [-0.25, -0.2) is 0 Å². The van der Waals surface area contributed by atoms with Gasteiger partial charge in [0.25, 0.3) is 5.69 Å². The molecule has 0 amide bonds. The van der Waals surface area contributed by atoms with Crippen molar-refractivity contribution in [1.82, 2.24) is 0 Å². The maximum atomic E-state index is 10.7. The quantitative estimate of drug-likeness (QED) is 0.409. The molecular formula is C15H17N3O6Pt-4. The first-order valence-corrected chi connectivity index (χ1v) is 7.33. The molecule has 0 aliphatic heterocycles. The number of hydrogen-bond donors (Lipinski definition) is 0. The van der Waals surface area contributed by atoms with E-state index in [9.17, 15) is 29.9 Å². The van der Waals surface area contributed by atoms with Crippen molar-refractivity contribution in [2.24, 2.45) is 0 Å². The monoisotopic (exact) mass is 530 g/mol. The van der Waals surface area contributed by atoms with Crippen molar-refractivity contribution in [2.75, 3.05) is 0 Å². The third-order valence-corrected chi connectivity index (χ3v) is 3.63. The van der Waals surface area contributed by atoms with Gasteiger partial charge < -0.3 is 31.3 Å². The Morgan fingerprint density at radius 3 is 2.00 bits per heavy atom. The molecular weight excluding hydrogens is 513 g/mol. The predicted molar refractivity (Wildman–Crippen MR) is 80.8 cm³/mol. The zero-order valence-electron chi connectivity index (χ0n) is 13.1. The number of carbonyl (C=O) groups is 2. The molecule has 0 radical (unpaired) electrons. The predicted octanol–water partition coefficient (Wildman–Crippen LogP) is 0.650. The molecule has 1 fully saturated rings. The van der Waals surface area contributed by atoms with Gasteiger partial charge in [-0.05, 0) is 5.56 Å². The van der Waals surface area contributed by atoms with E-state index in [0.717, 1.165) is 25.0 Å². The summed E-state index contributed by atoms with van der Waals surface area (Å²) in [6.07, 6.45) is 3.53. The van der Waals surface area contributed by atoms with Crippen LogP contribution in [0, 0.1) is 10.1 Å². The summed E-state index contributed by atoms with van der Waals surface area (Å²) in [5.74, 6) is -3.31. The molecule has 0 bridgehead atoms. The summed E-state index contributed by atoms with van der Waals surface area (Å²) in [6, 6.07) is 3.16. The molecule has 0 saturated heterocycles. The van der Waals surface area contributed by atoms with Gasteiger partial charge in [-0.1, -0.05) is 37.8 Å². The molecule has 1 saturated carbocycles. The second-order valence-corrected chi connectivity index (χ2v) is 5.40. The number of rotatable bonds is 4. The Labute approximate surface area is 158 Å². The molecule has 0 aromatic heterocycles. The molecule has 2 N–H and O–H groups in total. The Balaban J connectivity index is 0.000000540. The minimum absolute atomic E-state index is 0. The van der Waals surface area contributed by atoms with E-state index in [1.165, 1.54) is 18.9 Å². The number of nitrogens with one attached hydrogen (secondary N) is 2. The summed E-state index contributed by atoms with van der Waals surface area (Å²) in [5.41, 5.74) is 12.9. The molecule has 1 aromatic rings. The average molecular weight is 530 g/mol. The number of hydrogen-bond acceptors (Lipinski definition) is 6. The molecule has 2 atom stereocenters. The second-order valence-electron chi connectivity index (χ2n) is 5.40. The normalized spacial score (nSPS) is 19.0. The zero-order chi connectivity index (χ0) is 18.3. The zero-order valence-corrected chi connectivity index (χ0v) is 15.4. The molecule has 1 aliphatic rings. The second kappa shape index (κ2) is 10.9. The van der Waals surface area contributed by atoms with Gasteiger partial charge in [-0.2, -0.15) is 12.1 Å². The van der Waals surface area contributed by atoms with E-state index >= 15 is 0 Å². The standard InChI is InChI=1S/C9H7NO6.C6H12N2.Pt/c11-7(12)4-5-2-1-3-6(10(15)16)8(5)9(13)14;7-5-3-1-2-4-6(5)8;/h1-3H,4H2,(H,11,12)(H,13,14);5-8H,1-4H2;/q;-2;/p-2. The number of carboxylic acid groups (broad SMARTS) is 2. The molecule has 1 aliphatic carbocycles. The maximum absolute atomic E-state index is 10.7. The Hall–Kier alpha value is -1.83. The van der Waals surface area contributed by atoms with Crippen molar-refractivity contribution in [3.8, 4) is 0 Å². The van der Waals surface area contributed by atoms with Crippen LogP contribution in [0.25, 0.3) is 11.5 Å². The van der Waals surface area contributed by atoms with Gasteiger partial charge in [0, 0.05) is 39.5 Å². The van der Waals surface area contributed by atoms with Gasteiger partial charge in [-0.15, -0.1) is 0 Å². The van der Waals surface area contributed by atoms with Crippen LogP contribution in [0.15, 0.2) is 18.2 Å². The van der Waals surface area contributed by atoms with Gasteiger partial charge in [-0.3, -0.25) is 10.1 Å². The van der Waals surface area contributed by atoms with Crippen LogP contribution >= 0.6 is 0 Å². The van der Waals surface area contributed by atoms with Crippen LogP contribution in [-0.4, -0.2) is 28.9 Å². The van der Waals surface area contributed by atoms with Crippen LogP contribution in [0.5, 0.6) is 0 Å². The fourth-order valence-electron chi connectivity index (χ4n) is 2.41. The van der Waals surface area contributed by atoms with Crippen molar-refractivity contribution < 1.29 is 45.8 Å². The smallest absolute Gasteiger partial charge is 0.278 e. The van der Waals surface area contributed by atoms with Gasteiger partial charge in [0.15, 0.2) is 0 Å². The fourth-order valence-corrected chi connectivity index (χ4v) is 2.41. The number of aromatic carboxylic acids is 1. The third-order valence-electron chi connectivity index (χ3n) is 3.63. The van der Waals surface area contributed by atoms with Gasteiger partial charge in [0.2, 0.25) is 0 Å². The molecule has 1 aromatic carbocycles. The Morgan fingerprint density at radius 1 is 1.12 bits per heavy atom. The minimum Gasteiger partial charge on any atom is -0.676 e. The molecule has 0 spiro atoms. The average Bonchev–Trinajstić information content (AvgIpc) is 2.49. The Bertz CT molecular complexity index is 615. The number of carbonyl (C=O) groups excluding carboxylic acids is 2. The van der Waals surface area contributed by atoms with Crippen LogP contribution in [0.2, 0.25) is 0 Å². The van der Waals surface area contributed by atoms with Gasteiger partial charge in [0.1, 0.15) is 0 Å². The summed E-state index contributed by atoms with van der Waals surface area (Å²) in [7, 11) is 0. The summed E-state index contributed by atoms with van der Waals surface area (Å²) >= 11 is 0. The molecule has 2 rings (SSSR count). The number of aliphatic carboxylic acids is 1. The largest absolute Gasteiger partial charge is 0.676 e. The van der Waals surface area contributed by atoms with E-state index in [4.69, 9.17) is 11.5 Å². The summed E-state index contributed by atoms with van der Waals surface area (Å²) < 4.78 is 0. The molecule has 0 heterocycles. The van der Waals surface area contributed by atoms with E-state index < -0.39 is 34.5 Å². The number of nitrogens with zero attached hydrogens (tertiary/aromatic N) is 1. The van der Waals surface area contributed by atoms with Gasteiger partial charge >= 0.3 is 0 Å². The van der Waals surface area contributed by atoms with Crippen LogP contribution in [0.4, 0.5) is 5.69 Å². The van der Waals surface area contributed by atoms with Gasteiger partial charge in [0.05, 0.1) is 16.5 Å². The molecule has 9 nitrogen and oxygen atoms in total. The van der Waals surface area contributed by atoms with Crippen LogP contribution in [0.3, 0.4) is 0 Å². The molecule has 10 heteroatoms. The topological polar surface area (TPSA) is 171 Å². The minimum atomic E-state index is -1.79. The van der Waals surface area contributed by atoms with E-state index in [1.54, 1.807) is 0 Å². The fraction of sp³-hybridized carbons (Fsp3) is 0.467. The van der Waals surface area contributed by atoms with Crippen LogP contribution in [0.1, 0.15) is 41.6 Å². The van der Waals surface area contributed by atoms with Crippen molar-refractivity contribution in [3.63, 3.8) is 0 Å². The molecule has 142 valence electrons. The number of nitro benzene ring substituents is 1. The number of carboxylic acids is 2. The first kappa shape index (κ1) is 23.2. The first-order chi connectivity index (χ1) is 11.2. The van der Waals surface area contributed by atoms with E-state index in [2.05, 4.69) is 0 Å². The maximum Gasteiger partial charge on any atom is 0.278 e. The van der Waals surface area contributed by atoms with Crippen molar-refractivity contribution in [3.05, 3.63) is 50.9 Å². The first-order valence-electron chi connectivity index (χ1n) is 7.33. The summed E-state index contributed by atoms with van der Waals surface area (Å²) in [5, 5.41) is 31.5.